The Labute approximate surface area is 72.3 Å². The van der Waals surface area contributed by atoms with Crippen molar-refractivity contribution in [3.63, 3.8) is 0 Å². The maximum Gasteiger partial charge on any atom is 0.298 e. The number of benzene rings is 1. The highest BCUT2D eigenvalue weighted by atomic mass is 79.9. The molecule has 1 aromatic rings. The number of carbonyl (C=O) groups excluding carboxylic acids is 1. The molecule has 0 heterocycles. The number of hydrogen-bond donors (Lipinski definition) is 1. The smallest absolute Gasteiger partial charge is 0.298 e. The van der Waals surface area contributed by atoms with Crippen LogP contribution in [-0.4, -0.2) is 6.47 Å². The summed E-state index contributed by atoms with van der Waals surface area (Å²) >= 11 is 3.22. The minimum absolute atomic E-state index is 0.347. The second-order valence-corrected chi connectivity index (χ2v) is 2.81. The Balaban J connectivity index is 2.98. The van der Waals surface area contributed by atoms with Gasteiger partial charge in [-0.2, -0.15) is 0 Å². The molecule has 1 rings (SSSR count). The fourth-order valence-corrected chi connectivity index (χ4v) is 1.06. The Morgan fingerprint density at radius 1 is 1.55 bits per heavy atom. The molecule has 58 valence electrons. The fraction of sp³-hybridized carbons (Fsp3) is 0. The predicted molar refractivity (Wildman–Crippen MR) is 45.2 cm³/mol. The molecule has 0 saturated carbocycles. The van der Waals surface area contributed by atoms with Crippen molar-refractivity contribution in [2.75, 3.05) is 5.73 Å². The molecule has 4 heteroatoms. The van der Waals surface area contributed by atoms with Crippen LogP contribution in [0.2, 0.25) is 0 Å². The van der Waals surface area contributed by atoms with E-state index in [4.69, 9.17) is 5.73 Å². The highest BCUT2D eigenvalue weighted by Gasteiger charge is 1.98. The van der Waals surface area contributed by atoms with Crippen molar-refractivity contribution >= 4 is 28.1 Å². The van der Waals surface area contributed by atoms with Gasteiger partial charge in [-0.1, -0.05) is 15.9 Å². The van der Waals surface area contributed by atoms with E-state index in [0.29, 0.717) is 17.9 Å². The van der Waals surface area contributed by atoms with Crippen molar-refractivity contribution in [1.82, 2.24) is 0 Å². The van der Waals surface area contributed by atoms with Crippen LogP contribution in [0.5, 0.6) is 5.75 Å². The fourth-order valence-electron chi connectivity index (χ4n) is 0.678. The summed E-state index contributed by atoms with van der Waals surface area (Å²) in [5.74, 6) is 0.378. The summed E-state index contributed by atoms with van der Waals surface area (Å²) in [6.45, 7) is 0.347. The van der Waals surface area contributed by atoms with Gasteiger partial charge in [0.2, 0.25) is 0 Å². The van der Waals surface area contributed by atoms with E-state index >= 15 is 0 Å². The average Bonchev–Trinajstić information content (AvgIpc) is 1.95. The Kier molecular flexibility index (Phi) is 2.48. The zero-order valence-corrected chi connectivity index (χ0v) is 7.17. The lowest BCUT2D eigenvalue weighted by Gasteiger charge is -2.01. The molecule has 0 atom stereocenters. The molecular weight excluding hydrogens is 210 g/mol. The van der Waals surface area contributed by atoms with Gasteiger partial charge in [0, 0.05) is 4.47 Å². The highest BCUT2D eigenvalue weighted by molar-refractivity contribution is 9.10. The molecule has 3 nitrogen and oxygen atoms in total. The van der Waals surface area contributed by atoms with E-state index in [1.807, 2.05) is 0 Å². The van der Waals surface area contributed by atoms with E-state index in [0.717, 1.165) is 4.47 Å². The maximum atomic E-state index is 9.92. The molecule has 11 heavy (non-hydrogen) atoms. The van der Waals surface area contributed by atoms with Crippen LogP contribution in [0.3, 0.4) is 0 Å². The molecule has 2 N–H and O–H groups in total. The topological polar surface area (TPSA) is 52.3 Å². The summed E-state index contributed by atoms with van der Waals surface area (Å²) in [7, 11) is 0. The van der Waals surface area contributed by atoms with Crippen molar-refractivity contribution in [2.45, 2.75) is 0 Å². The van der Waals surface area contributed by atoms with Gasteiger partial charge in [0.25, 0.3) is 6.47 Å². The lowest BCUT2D eigenvalue weighted by Crippen LogP contribution is -1.94. The van der Waals surface area contributed by atoms with E-state index in [9.17, 15) is 4.79 Å². The molecule has 0 unspecified atom stereocenters. The molecule has 0 fully saturated rings. The second-order valence-electron chi connectivity index (χ2n) is 1.90. The third-order valence-corrected chi connectivity index (χ3v) is 1.64. The lowest BCUT2D eigenvalue weighted by molar-refractivity contribution is -0.120. The van der Waals surface area contributed by atoms with E-state index in [1.165, 1.54) is 0 Å². The van der Waals surface area contributed by atoms with Gasteiger partial charge in [0.05, 0.1) is 5.69 Å². The number of hydrogen-bond acceptors (Lipinski definition) is 3. The van der Waals surface area contributed by atoms with Gasteiger partial charge in [-0.25, -0.2) is 0 Å². The summed E-state index contributed by atoms with van der Waals surface area (Å²) in [6, 6.07) is 5.03. The van der Waals surface area contributed by atoms with Crippen LogP contribution in [0.25, 0.3) is 0 Å². The Morgan fingerprint density at radius 3 is 2.82 bits per heavy atom. The van der Waals surface area contributed by atoms with Gasteiger partial charge in [0.15, 0.2) is 5.75 Å². The number of anilines is 1. The third-order valence-electron chi connectivity index (χ3n) is 1.15. The third kappa shape index (κ3) is 1.94. The van der Waals surface area contributed by atoms with Crippen molar-refractivity contribution in [2.24, 2.45) is 0 Å². The highest BCUT2D eigenvalue weighted by Crippen LogP contribution is 2.24. The summed E-state index contributed by atoms with van der Waals surface area (Å²) < 4.78 is 5.42. The number of rotatable bonds is 2. The van der Waals surface area contributed by atoms with E-state index in [2.05, 4.69) is 20.7 Å². The monoisotopic (exact) mass is 215 g/mol. The second kappa shape index (κ2) is 3.39. The molecule has 0 aliphatic heterocycles. The first-order valence-corrected chi connectivity index (χ1v) is 3.68. The molecule has 0 radical (unpaired) electrons. The average molecular weight is 216 g/mol. The van der Waals surface area contributed by atoms with Crippen molar-refractivity contribution in [1.29, 1.82) is 0 Å². The minimum Gasteiger partial charge on any atom is -0.427 e. The van der Waals surface area contributed by atoms with Crippen LogP contribution in [0, 0.1) is 0 Å². The van der Waals surface area contributed by atoms with E-state index in [-0.39, 0.29) is 0 Å². The van der Waals surface area contributed by atoms with Crippen molar-refractivity contribution in [3.8, 4) is 5.75 Å². The van der Waals surface area contributed by atoms with Crippen molar-refractivity contribution < 1.29 is 9.53 Å². The van der Waals surface area contributed by atoms with Crippen LogP contribution in [-0.2, 0) is 4.79 Å². The molecule has 0 saturated heterocycles. The SMILES string of the molecule is Nc1cc(Br)ccc1OC=O. The van der Waals surface area contributed by atoms with Gasteiger partial charge < -0.3 is 10.5 Å². The number of nitrogen functional groups attached to an aromatic ring is 1. The van der Waals surface area contributed by atoms with Crippen LogP contribution in [0.4, 0.5) is 5.69 Å². The largest absolute Gasteiger partial charge is 0.427 e. The van der Waals surface area contributed by atoms with Gasteiger partial charge in [-0.05, 0) is 18.2 Å². The quantitative estimate of drug-likeness (QED) is 0.602. The molecular formula is C7H6BrNO2. The Morgan fingerprint density at radius 2 is 2.27 bits per heavy atom. The Bertz CT molecular complexity index is 275. The van der Waals surface area contributed by atoms with Gasteiger partial charge in [-0.15, -0.1) is 0 Å². The number of ether oxygens (including phenoxy) is 1. The molecule has 0 aromatic heterocycles. The first-order chi connectivity index (χ1) is 5.24. The zero-order chi connectivity index (χ0) is 8.27. The van der Waals surface area contributed by atoms with E-state index in [1.54, 1.807) is 18.2 Å². The first-order valence-electron chi connectivity index (χ1n) is 2.89. The standard InChI is InChI=1S/C7H6BrNO2/c8-5-1-2-7(11-4-10)6(9)3-5/h1-4H,9H2. The lowest BCUT2D eigenvalue weighted by atomic mass is 10.3. The molecule has 1 aromatic carbocycles. The van der Waals surface area contributed by atoms with Crippen LogP contribution in [0.1, 0.15) is 0 Å². The van der Waals surface area contributed by atoms with Gasteiger partial charge >= 0.3 is 0 Å². The van der Waals surface area contributed by atoms with Crippen LogP contribution >= 0.6 is 15.9 Å². The molecule has 0 aliphatic rings. The van der Waals surface area contributed by atoms with Crippen LogP contribution in [0.15, 0.2) is 22.7 Å². The summed E-state index contributed by atoms with van der Waals surface area (Å²) in [5, 5.41) is 0. The Hall–Kier alpha value is -1.03. The van der Waals surface area contributed by atoms with E-state index < -0.39 is 0 Å². The molecule has 0 bridgehead atoms. The summed E-state index contributed by atoms with van der Waals surface area (Å²) in [5.41, 5.74) is 5.93. The number of carbonyl (C=O) groups is 1. The zero-order valence-electron chi connectivity index (χ0n) is 5.58. The minimum atomic E-state index is 0.347. The number of halogens is 1. The molecule has 0 aliphatic carbocycles. The predicted octanol–water partition coefficient (Wildman–Crippen LogP) is 1.57. The normalized spacial score (nSPS) is 9.18. The van der Waals surface area contributed by atoms with Gasteiger partial charge in [-0.3, -0.25) is 4.79 Å². The molecule has 0 amide bonds. The van der Waals surface area contributed by atoms with Crippen molar-refractivity contribution in [3.05, 3.63) is 22.7 Å². The summed E-state index contributed by atoms with van der Waals surface area (Å²) in [6.07, 6.45) is 0. The summed E-state index contributed by atoms with van der Waals surface area (Å²) in [4.78, 5) is 9.92. The maximum absolute atomic E-state index is 9.92. The first kappa shape index (κ1) is 8.07. The van der Waals surface area contributed by atoms with Gasteiger partial charge in [0.1, 0.15) is 0 Å². The van der Waals surface area contributed by atoms with Crippen LogP contribution < -0.4 is 10.5 Å². The number of nitrogens with two attached hydrogens (primary N) is 1. The molecule has 0 spiro atoms.